The van der Waals surface area contributed by atoms with Crippen molar-refractivity contribution in [2.45, 2.75) is 38.4 Å². The van der Waals surface area contributed by atoms with Crippen molar-refractivity contribution in [3.63, 3.8) is 0 Å². The van der Waals surface area contributed by atoms with Crippen LogP contribution in [0.15, 0.2) is 30.3 Å². The number of fused-ring (bicyclic) bond motifs is 1. The highest BCUT2D eigenvalue weighted by Crippen LogP contribution is 2.34. The Hall–Kier alpha value is -2.59. The lowest BCUT2D eigenvalue weighted by Crippen LogP contribution is -2.48. The summed E-state index contributed by atoms with van der Waals surface area (Å²) in [6, 6.07) is 11.9. The normalized spacial score (nSPS) is 19.4. The van der Waals surface area contributed by atoms with Crippen LogP contribution in [0, 0.1) is 25.2 Å². The molecule has 0 radical (unpaired) electrons. The number of nitriles is 1. The summed E-state index contributed by atoms with van der Waals surface area (Å²) < 4.78 is 28.5. The summed E-state index contributed by atoms with van der Waals surface area (Å²) in [6.45, 7) is 5.39. The van der Waals surface area contributed by atoms with Gasteiger partial charge in [0.2, 0.25) is 10.0 Å². The van der Waals surface area contributed by atoms with Gasteiger partial charge in [-0.3, -0.25) is 9.29 Å². The number of piperidine rings is 1. The molecule has 7 heteroatoms. The van der Waals surface area contributed by atoms with Crippen molar-refractivity contribution < 1.29 is 8.42 Å². The third-order valence-electron chi connectivity index (χ3n) is 5.71. The Kier molecular flexibility index (Phi) is 4.76. The number of aryl methyl sites for hydroxylation is 2. The number of rotatable bonds is 3. The van der Waals surface area contributed by atoms with Gasteiger partial charge in [0.25, 0.3) is 0 Å². The standard InChI is InChI=1S/C21H24N4O2S/c1-15-12-21(19(13-22)16(2)23-15)24-10-5-7-18(14-24)28(26,27)25-11-9-17-6-3-4-8-20(17)25/h3-4,6,8,12,18H,5,7,9-11,14H2,1-2H3. The summed E-state index contributed by atoms with van der Waals surface area (Å²) >= 11 is 0. The maximum atomic E-state index is 13.4. The van der Waals surface area contributed by atoms with Gasteiger partial charge in [-0.05, 0) is 50.8 Å². The molecule has 3 heterocycles. The molecule has 1 aromatic heterocycles. The van der Waals surface area contributed by atoms with Gasteiger partial charge in [-0.25, -0.2) is 8.42 Å². The topological polar surface area (TPSA) is 77.3 Å². The second kappa shape index (κ2) is 7.10. The molecule has 4 rings (SSSR count). The molecule has 0 bridgehead atoms. The van der Waals surface area contributed by atoms with Crippen LogP contribution in [0.5, 0.6) is 0 Å². The minimum atomic E-state index is -3.46. The molecule has 146 valence electrons. The molecule has 0 N–H and O–H groups in total. The van der Waals surface area contributed by atoms with Gasteiger partial charge in [-0.2, -0.15) is 5.26 Å². The predicted octanol–water partition coefficient (Wildman–Crippen LogP) is 2.93. The number of pyridine rings is 1. The average Bonchev–Trinajstić information content (AvgIpc) is 3.12. The van der Waals surface area contributed by atoms with E-state index in [1.165, 1.54) is 0 Å². The summed E-state index contributed by atoms with van der Waals surface area (Å²) in [5.41, 5.74) is 4.77. The highest BCUT2D eigenvalue weighted by atomic mass is 32.2. The van der Waals surface area contributed by atoms with E-state index in [4.69, 9.17) is 0 Å². The van der Waals surface area contributed by atoms with Gasteiger partial charge in [0.05, 0.1) is 27.9 Å². The number of nitrogens with zero attached hydrogens (tertiary/aromatic N) is 4. The van der Waals surface area contributed by atoms with Gasteiger partial charge in [0.1, 0.15) is 6.07 Å². The fourth-order valence-electron chi connectivity index (χ4n) is 4.35. The van der Waals surface area contributed by atoms with Crippen LogP contribution in [0.25, 0.3) is 0 Å². The number of sulfonamides is 1. The van der Waals surface area contributed by atoms with E-state index in [1.54, 1.807) is 4.31 Å². The highest BCUT2D eigenvalue weighted by molar-refractivity contribution is 7.93. The van der Waals surface area contributed by atoms with E-state index in [1.807, 2.05) is 49.1 Å². The highest BCUT2D eigenvalue weighted by Gasteiger charge is 2.38. The van der Waals surface area contributed by atoms with Crippen molar-refractivity contribution in [3.8, 4) is 6.07 Å². The maximum Gasteiger partial charge on any atom is 0.239 e. The quantitative estimate of drug-likeness (QED) is 0.797. The second-order valence-corrected chi connectivity index (χ2v) is 9.70. The molecule has 2 aliphatic heterocycles. The molecule has 0 spiro atoms. The first kappa shape index (κ1) is 18.8. The first-order valence-corrected chi connectivity index (χ1v) is 11.1. The van der Waals surface area contributed by atoms with Crippen molar-refractivity contribution in [1.29, 1.82) is 5.26 Å². The molecule has 28 heavy (non-hydrogen) atoms. The Morgan fingerprint density at radius 1 is 1.18 bits per heavy atom. The number of hydrogen-bond donors (Lipinski definition) is 0. The second-order valence-electron chi connectivity index (χ2n) is 7.56. The van der Waals surface area contributed by atoms with Gasteiger partial charge in [-0.15, -0.1) is 0 Å². The maximum absolute atomic E-state index is 13.4. The first-order valence-electron chi connectivity index (χ1n) is 9.64. The molecule has 0 amide bonds. The Labute approximate surface area is 166 Å². The summed E-state index contributed by atoms with van der Waals surface area (Å²) in [5, 5.41) is 9.11. The molecule has 1 atom stereocenters. The van der Waals surface area contributed by atoms with Crippen molar-refractivity contribution in [2.75, 3.05) is 28.8 Å². The van der Waals surface area contributed by atoms with Crippen LogP contribution in [-0.2, 0) is 16.4 Å². The van der Waals surface area contributed by atoms with Crippen molar-refractivity contribution >= 4 is 21.4 Å². The van der Waals surface area contributed by atoms with Crippen LogP contribution in [0.3, 0.4) is 0 Å². The van der Waals surface area contributed by atoms with Gasteiger partial charge >= 0.3 is 0 Å². The molecular weight excluding hydrogens is 372 g/mol. The molecule has 2 aromatic rings. The number of hydrogen-bond acceptors (Lipinski definition) is 5. The average molecular weight is 397 g/mol. The molecule has 1 aromatic carbocycles. The fourth-order valence-corrected chi connectivity index (χ4v) is 6.34. The third-order valence-corrected chi connectivity index (χ3v) is 7.93. The van der Waals surface area contributed by atoms with Crippen LogP contribution < -0.4 is 9.21 Å². The number of para-hydroxylation sites is 1. The Balaban J connectivity index is 1.64. The molecular formula is C21H24N4O2S. The number of aromatic nitrogens is 1. The SMILES string of the molecule is Cc1cc(N2CCCC(S(=O)(=O)N3CCc4ccccc43)C2)c(C#N)c(C)n1. The van der Waals surface area contributed by atoms with E-state index in [0.29, 0.717) is 30.8 Å². The minimum Gasteiger partial charge on any atom is -0.369 e. The largest absolute Gasteiger partial charge is 0.369 e. The minimum absolute atomic E-state index is 0.401. The van der Waals surface area contributed by atoms with Crippen LogP contribution >= 0.6 is 0 Å². The van der Waals surface area contributed by atoms with Crippen LogP contribution in [0.1, 0.15) is 35.4 Å². The molecule has 0 aliphatic carbocycles. The smallest absolute Gasteiger partial charge is 0.239 e. The lowest BCUT2D eigenvalue weighted by molar-refractivity contribution is 0.529. The predicted molar refractivity (Wildman–Crippen MR) is 110 cm³/mol. The molecule has 1 saturated heterocycles. The Bertz CT molecular complexity index is 1060. The third kappa shape index (κ3) is 3.12. The first-order chi connectivity index (χ1) is 13.4. The van der Waals surface area contributed by atoms with E-state index < -0.39 is 15.3 Å². The lowest BCUT2D eigenvalue weighted by atomic mass is 10.1. The summed E-state index contributed by atoms with van der Waals surface area (Å²) in [5.74, 6) is 0. The zero-order chi connectivity index (χ0) is 19.9. The number of anilines is 2. The monoisotopic (exact) mass is 396 g/mol. The molecule has 1 unspecified atom stereocenters. The van der Waals surface area contributed by atoms with E-state index in [0.717, 1.165) is 42.0 Å². The lowest BCUT2D eigenvalue weighted by Gasteiger charge is -2.36. The van der Waals surface area contributed by atoms with Crippen LogP contribution in [-0.4, -0.2) is 38.3 Å². The summed E-state index contributed by atoms with van der Waals surface area (Å²) in [6.07, 6.45) is 2.18. The van der Waals surface area contributed by atoms with E-state index >= 15 is 0 Å². The fraction of sp³-hybridized carbons (Fsp3) is 0.429. The molecule has 6 nitrogen and oxygen atoms in total. The molecule has 0 saturated carbocycles. The van der Waals surface area contributed by atoms with E-state index in [2.05, 4.69) is 11.1 Å². The van der Waals surface area contributed by atoms with Gasteiger partial charge < -0.3 is 4.90 Å². The van der Waals surface area contributed by atoms with Crippen molar-refractivity contribution in [1.82, 2.24) is 4.98 Å². The zero-order valence-electron chi connectivity index (χ0n) is 16.2. The molecule has 2 aliphatic rings. The van der Waals surface area contributed by atoms with Gasteiger partial charge in [0.15, 0.2) is 0 Å². The van der Waals surface area contributed by atoms with Crippen LogP contribution in [0.4, 0.5) is 11.4 Å². The van der Waals surface area contributed by atoms with Crippen LogP contribution in [0.2, 0.25) is 0 Å². The van der Waals surface area contributed by atoms with Gasteiger partial charge in [0, 0.05) is 25.3 Å². The van der Waals surface area contributed by atoms with E-state index in [9.17, 15) is 13.7 Å². The van der Waals surface area contributed by atoms with Gasteiger partial charge in [-0.1, -0.05) is 18.2 Å². The molecule has 1 fully saturated rings. The number of benzene rings is 1. The Morgan fingerprint density at radius 2 is 1.96 bits per heavy atom. The Morgan fingerprint density at radius 3 is 2.75 bits per heavy atom. The zero-order valence-corrected chi connectivity index (χ0v) is 17.0. The summed E-state index contributed by atoms with van der Waals surface area (Å²) in [4.78, 5) is 6.43. The van der Waals surface area contributed by atoms with E-state index in [-0.39, 0.29) is 0 Å². The summed E-state index contributed by atoms with van der Waals surface area (Å²) in [7, 11) is -3.46. The van der Waals surface area contributed by atoms with Crippen molar-refractivity contribution in [2.24, 2.45) is 0 Å². The van der Waals surface area contributed by atoms with Crippen molar-refractivity contribution in [3.05, 3.63) is 52.8 Å².